The summed E-state index contributed by atoms with van der Waals surface area (Å²) in [4.78, 5) is 23.2. The van der Waals surface area contributed by atoms with Gasteiger partial charge in [-0.3, -0.25) is 24.7 Å². The van der Waals surface area contributed by atoms with Crippen LogP contribution in [0, 0.1) is 24.0 Å². The van der Waals surface area contributed by atoms with E-state index in [-0.39, 0.29) is 18.0 Å². The van der Waals surface area contributed by atoms with Crippen LogP contribution in [0.4, 0.5) is 5.69 Å². The van der Waals surface area contributed by atoms with Crippen molar-refractivity contribution in [1.82, 2.24) is 20.0 Å². The molecular weight excluding hydrogens is 416 g/mol. The number of nitro groups is 1. The minimum atomic E-state index is -0.495. The molecule has 0 amide bonds. The number of carbonyl (C=O) groups is 1. The Morgan fingerprint density at radius 2 is 2.16 bits per heavy atom. The highest BCUT2D eigenvalue weighted by Crippen LogP contribution is 2.22. The molecule has 0 unspecified atom stereocenters. The van der Waals surface area contributed by atoms with Crippen LogP contribution in [0.2, 0.25) is 0 Å². The van der Waals surface area contributed by atoms with Gasteiger partial charge < -0.3 is 0 Å². The van der Waals surface area contributed by atoms with E-state index in [0.29, 0.717) is 4.88 Å². The van der Waals surface area contributed by atoms with Crippen LogP contribution in [-0.4, -0.2) is 30.7 Å². The molecule has 31 heavy (non-hydrogen) atoms. The SMILES string of the molecule is Cc1cc(C)n(CCc2cc(-c3ccc[n+](CC(=O)c4cc([N+](=O)[O-])cs4)c3)n[nH]2)n1. The average molecular weight is 438 g/mol. The number of aromatic amines is 1. The van der Waals surface area contributed by atoms with Gasteiger partial charge in [-0.05, 0) is 32.0 Å². The average Bonchev–Trinajstić information content (AvgIpc) is 3.46. The van der Waals surface area contributed by atoms with Crippen molar-refractivity contribution in [3.63, 3.8) is 0 Å². The molecule has 0 aliphatic carbocycles. The fraction of sp³-hybridized carbons (Fsp3) is 0.238. The Morgan fingerprint density at radius 3 is 2.87 bits per heavy atom. The Balaban J connectivity index is 1.43. The van der Waals surface area contributed by atoms with Crippen LogP contribution in [0.25, 0.3) is 11.3 Å². The number of aryl methyl sites for hydroxylation is 4. The molecule has 4 aromatic heterocycles. The van der Waals surface area contributed by atoms with Gasteiger partial charge in [0.15, 0.2) is 12.4 Å². The molecule has 9 nitrogen and oxygen atoms in total. The molecule has 0 spiro atoms. The lowest BCUT2D eigenvalue weighted by molar-refractivity contribution is -0.682. The van der Waals surface area contributed by atoms with E-state index in [1.54, 1.807) is 10.8 Å². The number of ketones is 1. The number of carbonyl (C=O) groups excluding carboxylic acids is 1. The maximum Gasteiger partial charge on any atom is 0.280 e. The highest BCUT2D eigenvalue weighted by atomic mass is 32.1. The Labute approximate surface area is 182 Å². The zero-order chi connectivity index (χ0) is 22.0. The number of aromatic nitrogens is 5. The molecule has 0 aromatic carbocycles. The first-order valence-corrected chi connectivity index (χ1v) is 10.6. The minimum Gasteiger partial charge on any atom is -0.286 e. The second-order valence-electron chi connectivity index (χ2n) is 7.29. The molecule has 1 N–H and O–H groups in total. The summed E-state index contributed by atoms with van der Waals surface area (Å²) in [5.74, 6) is -0.173. The summed E-state index contributed by atoms with van der Waals surface area (Å²) in [6.45, 7) is 4.88. The fourth-order valence-electron chi connectivity index (χ4n) is 3.35. The largest absolute Gasteiger partial charge is 0.286 e. The van der Waals surface area contributed by atoms with Crippen LogP contribution in [0.3, 0.4) is 0 Å². The summed E-state index contributed by atoms with van der Waals surface area (Å²) in [5, 5.41) is 24.2. The molecule has 0 aliphatic heterocycles. The highest BCUT2D eigenvalue weighted by molar-refractivity contribution is 7.12. The van der Waals surface area contributed by atoms with Gasteiger partial charge in [-0.25, -0.2) is 0 Å². The molecule has 0 saturated carbocycles. The smallest absolute Gasteiger partial charge is 0.280 e. The van der Waals surface area contributed by atoms with Crippen molar-refractivity contribution in [2.75, 3.05) is 0 Å². The van der Waals surface area contributed by atoms with Crippen molar-refractivity contribution in [3.8, 4) is 11.3 Å². The number of rotatable bonds is 8. The topological polar surface area (TPSA) is 111 Å². The number of Topliss-reactive ketones (excluding diaryl/α,β-unsaturated/α-hetero) is 1. The molecule has 0 saturated heterocycles. The van der Waals surface area contributed by atoms with E-state index in [4.69, 9.17) is 0 Å². The zero-order valence-electron chi connectivity index (χ0n) is 17.1. The zero-order valence-corrected chi connectivity index (χ0v) is 17.9. The number of H-pyrrole nitrogens is 1. The number of pyridine rings is 1. The summed E-state index contributed by atoms with van der Waals surface area (Å²) >= 11 is 1.09. The molecular formula is C21H21N6O3S+. The minimum absolute atomic E-state index is 0.0587. The number of hydrogen-bond acceptors (Lipinski definition) is 6. The summed E-state index contributed by atoms with van der Waals surface area (Å²) in [5.41, 5.74) is 4.74. The molecule has 4 aromatic rings. The van der Waals surface area contributed by atoms with Crippen LogP contribution >= 0.6 is 11.3 Å². The molecule has 158 valence electrons. The summed E-state index contributed by atoms with van der Waals surface area (Å²) in [6, 6.07) is 9.15. The lowest BCUT2D eigenvalue weighted by atomic mass is 10.2. The molecule has 4 heterocycles. The van der Waals surface area contributed by atoms with E-state index >= 15 is 0 Å². The van der Waals surface area contributed by atoms with E-state index in [2.05, 4.69) is 21.4 Å². The quantitative estimate of drug-likeness (QED) is 0.197. The summed E-state index contributed by atoms with van der Waals surface area (Å²) in [6.07, 6.45) is 4.41. The van der Waals surface area contributed by atoms with Crippen molar-refractivity contribution >= 4 is 22.8 Å². The van der Waals surface area contributed by atoms with Gasteiger partial charge in [-0.2, -0.15) is 14.8 Å². The third-order valence-electron chi connectivity index (χ3n) is 4.88. The number of hydrogen-bond donors (Lipinski definition) is 1. The molecule has 4 rings (SSSR count). The van der Waals surface area contributed by atoms with Crippen LogP contribution in [0.1, 0.15) is 26.8 Å². The van der Waals surface area contributed by atoms with Crippen LogP contribution < -0.4 is 4.57 Å². The molecule has 0 aliphatic rings. The maximum absolute atomic E-state index is 12.5. The highest BCUT2D eigenvalue weighted by Gasteiger charge is 2.19. The van der Waals surface area contributed by atoms with Gasteiger partial charge in [0, 0.05) is 36.5 Å². The van der Waals surface area contributed by atoms with Crippen LogP contribution in [0.5, 0.6) is 0 Å². The van der Waals surface area contributed by atoms with Gasteiger partial charge in [-0.1, -0.05) is 0 Å². The van der Waals surface area contributed by atoms with Gasteiger partial charge in [0.25, 0.3) is 5.69 Å². The van der Waals surface area contributed by atoms with Crippen molar-refractivity contribution < 1.29 is 14.3 Å². The molecule has 0 bridgehead atoms. The van der Waals surface area contributed by atoms with E-state index < -0.39 is 4.92 Å². The first-order chi connectivity index (χ1) is 14.9. The van der Waals surface area contributed by atoms with Gasteiger partial charge in [0.2, 0.25) is 12.3 Å². The number of nitrogens with zero attached hydrogens (tertiary/aromatic N) is 5. The van der Waals surface area contributed by atoms with E-state index in [9.17, 15) is 14.9 Å². The molecule has 10 heteroatoms. The van der Waals surface area contributed by atoms with Crippen LogP contribution in [-0.2, 0) is 19.5 Å². The predicted molar refractivity (Wildman–Crippen MR) is 115 cm³/mol. The summed E-state index contributed by atoms with van der Waals surface area (Å²) < 4.78 is 3.74. The Bertz CT molecular complexity index is 1260. The Hall–Kier alpha value is -3.66. The lowest BCUT2D eigenvalue weighted by Gasteiger charge is -2.02. The van der Waals surface area contributed by atoms with E-state index in [0.717, 1.165) is 52.6 Å². The fourth-order valence-corrected chi connectivity index (χ4v) is 4.14. The Kier molecular flexibility index (Phi) is 5.72. The molecule has 0 radical (unpaired) electrons. The predicted octanol–water partition coefficient (Wildman–Crippen LogP) is 3.27. The van der Waals surface area contributed by atoms with Gasteiger partial charge in [0.05, 0.1) is 32.1 Å². The molecule has 0 fully saturated rings. The standard InChI is InChI=1S/C21H21N6O3S/c1-14-8-15(2)26(24-14)7-5-17-9-19(23-22-17)16-4-3-6-25(11-16)12-20(28)21-10-18(13-31-21)27(29)30/h3-4,6,8-11,13H,5,7,12H2,1-2H3,(H,22,23)/q+1. The van der Waals surface area contributed by atoms with Crippen molar-refractivity contribution in [2.24, 2.45) is 0 Å². The van der Waals surface area contributed by atoms with E-state index in [1.807, 2.05) is 42.9 Å². The van der Waals surface area contributed by atoms with Crippen molar-refractivity contribution in [1.29, 1.82) is 0 Å². The van der Waals surface area contributed by atoms with Gasteiger partial charge in [0.1, 0.15) is 0 Å². The second kappa shape index (κ2) is 8.60. The van der Waals surface area contributed by atoms with Crippen LogP contribution in [0.15, 0.2) is 48.1 Å². The van der Waals surface area contributed by atoms with Gasteiger partial charge >= 0.3 is 0 Å². The molecule has 0 atom stereocenters. The van der Waals surface area contributed by atoms with Crippen molar-refractivity contribution in [3.05, 3.63) is 80.2 Å². The maximum atomic E-state index is 12.5. The van der Waals surface area contributed by atoms with Crippen molar-refractivity contribution in [2.45, 2.75) is 33.4 Å². The second-order valence-corrected chi connectivity index (χ2v) is 8.20. The normalized spacial score (nSPS) is 11.0. The first-order valence-electron chi connectivity index (χ1n) is 9.70. The first kappa shape index (κ1) is 20.6. The number of thiophene rings is 1. The third-order valence-corrected chi connectivity index (χ3v) is 5.84. The van der Waals surface area contributed by atoms with Gasteiger partial charge in [-0.15, -0.1) is 11.3 Å². The lowest BCUT2D eigenvalue weighted by Crippen LogP contribution is -2.37. The monoisotopic (exact) mass is 437 g/mol. The summed E-state index contributed by atoms with van der Waals surface area (Å²) in [7, 11) is 0. The third kappa shape index (κ3) is 4.75. The van der Waals surface area contributed by atoms with E-state index in [1.165, 1.54) is 11.4 Å². The Morgan fingerprint density at radius 1 is 1.32 bits per heavy atom. The number of nitrogens with one attached hydrogen (secondary N) is 1.